The fourth-order valence-electron chi connectivity index (χ4n) is 2.87. The van der Waals surface area contributed by atoms with Gasteiger partial charge in [-0.2, -0.15) is 5.10 Å². The maximum Gasteiger partial charge on any atom is 0.246 e. The molecule has 0 unspecified atom stereocenters. The van der Waals surface area contributed by atoms with Gasteiger partial charge in [0.25, 0.3) is 0 Å². The fraction of sp³-hybridized carbons (Fsp3) is 0.353. The average Bonchev–Trinajstić information content (AvgIpc) is 2.96. The number of hydrogen-bond acceptors (Lipinski definition) is 3. The summed E-state index contributed by atoms with van der Waals surface area (Å²) < 4.78 is 1.43. The molecule has 1 aliphatic carbocycles. The number of hydrogen-bond donors (Lipinski definition) is 0. The van der Waals surface area contributed by atoms with Crippen molar-refractivity contribution in [2.45, 2.75) is 39.5 Å². The summed E-state index contributed by atoms with van der Waals surface area (Å²) in [5.74, 6) is -0.111. The van der Waals surface area contributed by atoms with E-state index < -0.39 is 0 Å². The minimum Gasteiger partial charge on any atom is -0.288 e. The van der Waals surface area contributed by atoms with Gasteiger partial charge in [0.1, 0.15) is 5.69 Å². The molecule has 0 bridgehead atoms. The first-order chi connectivity index (χ1) is 9.86. The Labute approximate surface area is 123 Å². The molecule has 0 saturated heterocycles. The van der Waals surface area contributed by atoms with Crippen molar-refractivity contribution in [3.8, 4) is 11.3 Å². The topological polar surface area (TPSA) is 52.0 Å². The summed E-state index contributed by atoms with van der Waals surface area (Å²) >= 11 is 0. The molecule has 21 heavy (non-hydrogen) atoms. The molecule has 0 amide bonds. The van der Waals surface area contributed by atoms with Crippen molar-refractivity contribution in [1.82, 2.24) is 9.78 Å². The Kier molecular flexibility index (Phi) is 2.87. The first-order valence-electron chi connectivity index (χ1n) is 7.17. The lowest BCUT2D eigenvalue weighted by atomic mass is 9.88. The highest BCUT2D eigenvalue weighted by Gasteiger charge is 2.38. The lowest BCUT2D eigenvalue weighted by Gasteiger charge is -2.21. The van der Waals surface area contributed by atoms with Crippen LogP contribution in [0.5, 0.6) is 0 Å². The second-order valence-electron chi connectivity index (χ2n) is 6.36. The van der Waals surface area contributed by atoms with Crippen molar-refractivity contribution in [1.29, 1.82) is 0 Å². The first kappa shape index (κ1) is 13.7. The molecular weight excluding hydrogens is 264 g/mol. The second-order valence-corrected chi connectivity index (χ2v) is 6.36. The molecule has 0 atom stereocenters. The molecule has 0 saturated carbocycles. The summed E-state index contributed by atoms with van der Waals surface area (Å²) in [5, 5.41) is 4.47. The minimum absolute atomic E-state index is 0.0271. The van der Waals surface area contributed by atoms with Crippen LogP contribution in [0.2, 0.25) is 0 Å². The summed E-state index contributed by atoms with van der Waals surface area (Å²) in [6, 6.07) is 7.44. The van der Waals surface area contributed by atoms with E-state index in [-0.39, 0.29) is 17.1 Å². The highest BCUT2D eigenvalue weighted by atomic mass is 16.2. The number of carbonyl (C=O) groups is 2. The lowest BCUT2D eigenvalue weighted by molar-refractivity contribution is 0.0885. The van der Waals surface area contributed by atoms with E-state index in [2.05, 4.69) is 5.10 Å². The third-order valence-corrected chi connectivity index (χ3v) is 3.79. The van der Waals surface area contributed by atoms with Crippen molar-refractivity contribution in [3.05, 3.63) is 41.1 Å². The fourth-order valence-corrected chi connectivity index (χ4v) is 2.87. The predicted molar refractivity (Wildman–Crippen MR) is 80.7 cm³/mol. The smallest absolute Gasteiger partial charge is 0.246 e. The Morgan fingerprint density at radius 3 is 2.38 bits per heavy atom. The predicted octanol–water partition coefficient (Wildman–Crippen LogP) is 3.44. The van der Waals surface area contributed by atoms with Crippen LogP contribution in [0.25, 0.3) is 11.3 Å². The number of fused-ring (bicyclic) bond motifs is 3. The Balaban J connectivity index is 2.35. The number of rotatable bonds is 1. The van der Waals surface area contributed by atoms with E-state index in [9.17, 15) is 9.59 Å². The first-order valence-corrected chi connectivity index (χ1v) is 7.17. The van der Waals surface area contributed by atoms with E-state index in [0.717, 1.165) is 5.56 Å². The molecule has 1 aromatic heterocycles. The van der Waals surface area contributed by atoms with Gasteiger partial charge < -0.3 is 0 Å². The van der Waals surface area contributed by atoms with Crippen LogP contribution in [0.15, 0.2) is 24.3 Å². The molecule has 0 spiro atoms. The summed E-state index contributed by atoms with van der Waals surface area (Å²) in [7, 11) is 0. The van der Waals surface area contributed by atoms with Gasteiger partial charge in [0.15, 0.2) is 5.78 Å². The maximum atomic E-state index is 12.7. The van der Waals surface area contributed by atoms with Crippen LogP contribution in [-0.2, 0) is 5.41 Å². The van der Waals surface area contributed by atoms with E-state index in [1.165, 1.54) is 4.68 Å². The highest BCUT2D eigenvalue weighted by Crippen LogP contribution is 2.41. The van der Waals surface area contributed by atoms with Gasteiger partial charge in [-0.25, -0.2) is 4.68 Å². The van der Waals surface area contributed by atoms with Gasteiger partial charge in [-0.05, 0) is 0 Å². The molecule has 4 heteroatoms. The molecule has 0 N–H and O–H groups in total. The second kappa shape index (κ2) is 4.38. The molecule has 0 aliphatic heterocycles. The SMILES string of the molecule is CCC(=O)n1nc2c(c1C(C)(C)C)C(=O)c1ccccc1-2. The number of nitrogens with zero attached hydrogens (tertiary/aromatic N) is 2. The van der Waals surface area contributed by atoms with Crippen molar-refractivity contribution in [2.75, 3.05) is 0 Å². The summed E-state index contributed by atoms with van der Waals surface area (Å²) in [6.07, 6.45) is 0.361. The number of ketones is 1. The summed E-state index contributed by atoms with van der Waals surface area (Å²) in [6.45, 7) is 7.80. The Hall–Kier alpha value is -2.23. The van der Waals surface area contributed by atoms with Crippen molar-refractivity contribution < 1.29 is 9.59 Å². The zero-order valence-electron chi connectivity index (χ0n) is 12.7. The van der Waals surface area contributed by atoms with E-state index in [1.54, 1.807) is 6.92 Å². The van der Waals surface area contributed by atoms with Crippen LogP contribution < -0.4 is 0 Å². The monoisotopic (exact) mass is 282 g/mol. The minimum atomic E-state index is -0.330. The molecule has 0 radical (unpaired) electrons. The summed E-state index contributed by atoms with van der Waals surface area (Å²) in [5.41, 5.74) is 3.11. The zero-order valence-corrected chi connectivity index (χ0v) is 12.7. The molecule has 108 valence electrons. The quantitative estimate of drug-likeness (QED) is 0.687. The standard InChI is InChI=1S/C17H18N2O2/c1-5-12(20)19-16(17(2,3)4)13-14(18-19)10-8-6-7-9-11(10)15(13)21/h6-9H,5H2,1-4H3. The van der Waals surface area contributed by atoms with Crippen LogP contribution in [0.4, 0.5) is 0 Å². The molecular formula is C17H18N2O2. The van der Waals surface area contributed by atoms with E-state index in [1.807, 2.05) is 45.0 Å². The van der Waals surface area contributed by atoms with Gasteiger partial charge in [0, 0.05) is 23.0 Å². The van der Waals surface area contributed by atoms with Crippen LogP contribution in [-0.4, -0.2) is 21.5 Å². The molecule has 1 heterocycles. The van der Waals surface area contributed by atoms with Gasteiger partial charge in [0.05, 0.1) is 11.3 Å². The Bertz CT molecular complexity index is 764. The van der Waals surface area contributed by atoms with Gasteiger partial charge in [-0.15, -0.1) is 0 Å². The van der Waals surface area contributed by atoms with Gasteiger partial charge in [-0.3, -0.25) is 9.59 Å². The van der Waals surface area contributed by atoms with Crippen LogP contribution in [0, 0.1) is 0 Å². The van der Waals surface area contributed by atoms with E-state index in [0.29, 0.717) is 28.9 Å². The normalized spacial score (nSPS) is 13.2. The number of carbonyl (C=O) groups excluding carboxylic acids is 2. The van der Waals surface area contributed by atoms with Gasteiger partial charge >= 0.3 is 0 Å². The maximum absolute atomic E-state index is 12.7. The van der Waals surface area contributed by atoms with Crippen molar-refractivity contribution in [3.63, 3.8) is 0 Å². The van der Waals surface area contributed by atoms with E-state index >= 15 is 0 Å². The number of aromatic nitrogens is 2. The van der Waals surface area contributed by atoms with Gasteiger partial charge in [-0.1, -0.05) is 52.0 Å². The Morgan fingerprint density at radius 1 is 1.19 bits per heavy atom. The molecule has 4 nitrogen and oxygen atoms in total. The van der Waals surface area contributed by atoms with E-state index in [4.69, 9.17) is 0 Å². The summed E-state index contributed by atoms with van der Waals surface area (Å²) in [4.78, 5) is 24.9. The zero-order chi connectivity index (χ0) is 15.4. The van der Waals surface area contributed by atoms with Crippen molar-refractivity contribution >= 4 is 11.7 Å². The molecule has 0 fully saturated rings. The molecule has 2 aromatic rings. The highest BCUT2D eigenvalue weighted by molar-refractivity contribution is 6.22. The lowest BCUT2D eigenvalue weighted by Crippen LogP contribution is -2.25. The Morgan fingerprint density at radius 2 is 1.81 bits per heavy atom. The molecule has 3 rings (SSSR count). The average molecular weight is 282 g/mol. The third-order valence-electron chi connectivity index (χ3n) is 3.79. The third kappa shape index (κ3) is 1.86. The van der Waals surface area contributed by atoms with Crippen LogP contribution >= 0.6 is 0 Å². The van der Waals surface area contributed by atoms with Crippen molar-refractivity contribution in [2.24, 2.45) is 0 Å². The van der Waals surface area contributed by atoms with Gasteiger partial charge in [0.2, 0.25) is 5.91 Å². The van der Waals surface area contributed by atoms with Crippen LogP contribution in [0.1, 0.15) is 60.5 Å². The molecule has 1 aromatic carbocycles. The number of benzene rings is 1. The molecule has 1 aliphatic rings. The largest absolute Gasteiger partial charge is 0.288 e. The van der Waals surface area contributed by atoms with Crippen LogP contribution in [0.3, 0.4) is 0 Å².